The number of hydrogen-bond acceptors (Lipinski definition) is 4. The molecule has 0 fully saturated rings. The molecule has 1 amide bonds. The fourth-order valence-corrected chi connectivity index (χ4v) is 4.26. The topological polar surface area (TPSA) is 48.5 Å². The number of allylic oxidation sites excluding steroid dienone is 2. The Labute approximate surface area is 193 Å². The van der Waals surface area contributed by atoms with Gasteiger partial charge in [0.25, 0.3) is 5.91 Å². The predicted octanol–water partition coefficient (Wildman–Crippen LogP) is 5.37. The monoisotopic (exact) mass is 434 g/mol. The maximum Gasteiger partial charge on any atom is 0.257 e. The molecule has 0 unspecified atom stereocenters. The molecule has 0 saturated heterocycles. The largest absolute Gasteiger partial charge is 0.367 e. The van der Waals surface area contributed by atoms with Crippen LogP contribution in [0, 0.1) is 6.92 Å². The molecule has 3 rings (SSSR count). The second-order valence-corrected chi connectivity index (χ2v) is 8.66. The molecule has 1 N–H and O–H groups in total. The summed E-state index contributed by atoms with van der Waals surface area (Å²) in [5, 5.41) is 3.44. The lowest BCUT2D eigenvalue weighted by Crippen LogP contribution is -2.44. The Morgan fingerprint density at radius 3 is 2.66 bits per heavy atom. The van der Waals surface area contributed by atoms with E-state index in [-0.39, 0.29) is 5.91 Å². The van der Waals surface area contributed by atoms with E-state index in [1.807, 2.05) is 17.9 Å². The first-order valence-corrected chi connectivity index (χ1v) is 12.0. The van der Waals surface area contributed by atoms with Gasteiger partial charge in [-0.3, -0.25) is 9.78 Å². The third kappa shape index (κ3) is 5.77. The number of carbonyl (C=O) groups excluding carboxylic acids is 1. The van der Waals surface area contributed by atoms with Gasteiger partial charge in [0.15, 0.2) is 0 Å². The Morgan fingerprint density at radius 1 is 1.16 bits per heavy atom. The predicted molar refractivity (Wildman–Crippen MR) is 134 cm³/mol. The van der Waals surface area contributed by atoms with Crippen LogP contribution in [0.5, 0.6) is 0 Å². The molecule has 1 aromatic carbocycles. The Morgan fingerprint density at radius 2 is 1.97 bits per heavy atom. The highest BCUT2D eigenvalue weighted by Gasteiger charge is 2.25. The lowest BCUT2D eigenvalue weighted by atomic mass is 9.92. The molecule has 1 aliphatic heterocycles. The molecule has 0 aliphatic carbocycles. The minimum Gasteiger partial charge on any atom is -0.367 e. The number of amides is 1. The smallest absolute Gasteiger partial charge is 0.257 e. The van der Waals surface area contributed by atoms with Gasteiger partial charge in [0.2, 0.25) is 0 Å². The fraction of sp³-hybridized carbons (Fsp3) is 0.481. The third-order valence-corrected chi connectivity index (χ3v) is 6.37. The van der Waals surface area contributed by atoms with Gasteiger partial charge < -0.3 is 15.1 Å². The Hall–Kier alpha value is -2.66. The third-order valence-electron chi connectivity index (χ3n) is 6.37. The molecule has 32 heavy (non-hydrogen) atoms. The highest BCUT2D eigenvalue weighted by molar-refractivity contribution is 6.02. The summed E-state index contributed by atoms with van der Waals surface area (Å²) in [5.41, 5.74) is 7.50. The number of aryl methyl sites for hydroxylation is 1. The zero-order chi connectivity index (χ0) is 23.1. The Bertz CT molecular complexity index is 966. The average Bonchev–Trinajstić information content (AvgIpc) is 2.80. The first kappa shape index (κ1) is 24.0. The number of carbonyl (C=O) groups is 1. The van der Waals surface area contributed by atoms with Crippen LogP contribution in [0.2, 0.25) is 0 Å². The van der Waals surface area contributed by atoms with Gasteiger partial charge in [-0.1, -0.05) is 38.5 Å². The number of pyridine rings is 1. The quantitative estimate of drug-likeness (QED) is 0.546. The van der Waals surface area contributed by atoms with Crippen molar-refractivity contribution in [2.24, 2.45) is 0 Å². The first-order valence-electron chi connectivity index (χ1n) is 12.0. The van der Waals surface area contributed by atoms with Crippen LogP contribution < -0.4 is 5.32 Å². The van der Waals surface area contributed by atoms with Crippen molar-refractivity contribution in [1.29, 1.82) is 0 Å². The molecular formula is C27H38N4O. The summed E-state index contributed by atoms with van der Waals surface area (Å²) in [6.45, 7) is 15.1. The Balaban J connectivity index is 1.84. The van der Waals surface area contributed by atoms with Crippen molar-refractivity contribution in [2.75, 3.05) is 38.2 Å². The number of rotatable bonds is 10. The van der Waals surface area contributed by atoms with Crippen LogP contribution >= 0.6 is 0 Å². The van der Waals surface area contributed by atoms with E-state index >= 15 is 0 Å². The number of benzene rings is 1. The minimum absolute atomic E-state index is 0.121. The normalized spacial score (nSPS) is 14.3. The van der Waals surface area contributed by atoms with Gasteiger partial charge in [-0.15, -0.1) is 0 Å². The highest BCUT2D eigenvalue weighted by atomic mass is 16.2. The fourth-order valence-electron chi connectivity index (χ4n) is 4.26. The first-order chi connectivity index (χ1) is 15.5. The molecule has 0 spiro atoms. The van der Waals surface area contributed by atoms with Gasteiger partial charge in [0, 0.05) is 36.6 Å². The van der Waals surface area contributed by atoms with E-state index in [0.29, 0.717) is 6.67 Å². The van der Waals surface area contributed by atoms with Crippen molar-refractivity contribution in [3.8, 4) is 0 Å². The number of fused-ring (bicyclic) bond motifs is 1. The van der Waals surface area contributed by atoms with E-state index in [1.54, 1.807) is 0 Å². The number of nitrogens with one attached hydrogen (secondary N) is 1. The molecule has 1 aliphatic rings. The lowest BCUT2D eigenvalue weighted by molar-refractivity contribution is 0.0739. The second-order valence-electron chi connectivity index (χ2n) is 8.66. The maximum atomic E-state index is 13.3. The van der Waals surface area contributed by atoms with Crippen LogP contribution in [0.1, 0.15) is 67.8 Å². The number of nitrogens with zero attached hydrogens (tertiary/aromatic N) is 3. The van der Waals surface area contributed by atoms with Crippen molar-refractivity contribution in [2.45, 2.75) is 53.9 Å². The molecule has 5 heteroatoms. The standard InChI is InChI=1S/C27H38N4O/c1-6-14-30(8-3)15-16-31-19-28-26-13-12-22(17-25(26)27(31)32)24(20(4)7-2)18-23-11-9-10-21(5)29-23/h9-13,17,28H,6-8,14-16,18-19H2,1-5H3/b24-20-. The summed E-state index contributed by atoms with van der Waals surface area (Å²) < 4.78 is 0. The van der Waals surface area contributed by atoms with Gasteiger partial charge >= 0.3 is 0 Å². The van der Waals surface area contributed by atoms with Crippen LogP contribution in [0.4, 0.5) is 5.69 Å². The zero-order valence-corrected chi connectivity index (χ0v) is 20.4. The van der Waals surface area contributed by atoms with E-state index < -0.39 is 0 Å². The van der Waals surface area contributed by atoms with E-state index in [2.05, 4.69) is 68.2 Å². The van der Waals surface area contributed by atoms with E-state index in [9.17, 15) is 4.79 Å². The summed E-state index contributed by atoms with van der Waals surface area (Å²) in [6.07, 6.45) is 2.88. The van der Waals surface area contributed by atoms with Crippen LogP contribution in [0.25, 0.3) is 5.57 Å². The zero-order valence-electron chi connectivity index (χ0n) is 20.4. The summed E-state index contributed by atoms with van der Waals surface area (Å²) in [6, 6.07) is 12.4. The van der Waals surface area contributed by atoms with Crippen molar-refractivity contribution in [1.82, 2.24) is 14.8 Å². The second kappa shape index (κ2) is 11.3. The van der Waals surface area contributed by atoms with E-state index in [1.165, 1.54) is 11.1 Å². The van der Waals surface area contributed by atoms with Gasteiger partial charge in [-0.2, -0.15) is 0 Å². The van der Waals surface area contributed by atoms with Crippen molar-refractivity contribution < 1.29 is 4.79 Å². The minimum atomic E-state index is 0.121. The molecule has 2 aromatic rings. The summed E-state index contributed by atoms with van der Waals surface area (Å²) in [5.74, 6) is 0.121. The van der Waals surface area contributed by atoms with Gasteiger partial charge in [-0.25, -0.2) is 0 Å². The van der Waals surface area contributed by atoms with Gasteiger partial charge in [-0.05, 0) is 75.2 Å². The summed E-state index contributed by atoms with van der Waals surface area (Å²) in [4.78, 5) is 22.4. The number of likely N-dealkylation sites (N-methyl/N-ethyl adjacent to an activating group) is 1. The highest BCUT2D eigenvalue weighted by Crippen LogP contribution is 2.30. The number of aromatic nitrogens is 1. The number of anilines is 1. The molecule has 0 saturated carbocycles. The van der Waals surface area contributed by atoms with E-state index in [0.717, 1.165) is 73.6 Å². The average molecular weight is 435 g/mol. The molecule has 0 bridgehead atoms. The van der Waals surface area contributed by atoms with Crippen molar-refractivity contribution in [3.05, 3.63) is 64.5 Å². The van der Waals surface area contributed by atoms with Gasteiger partial charge in [0.05, 0.1) is 12.2 Å². The molecule has 0 radical (unpaired) electrons. The lowest BCUT2D eigenvalue weighted by Gasteiger charge is -2.32. The maximum absolute atomic E-state index is 13.3. The molecular weight excluding hydrogens is 396 g/mol. The molecule has 1 aromatic heterocycles. The summed E-state index contributed by atoms with van der Waals surface area (Å²) >= 11 is 0. The van der Waals surface area contributed by atoms with Gasteiger partial charge in [0.1, 0.15) is 0 Å². The van der Waals surface area contributed by atoms with Crippen molar-refractivity contribution in [3.63, 3.8) is 0 Å². The van der Waals surface area contributed by atoms with Crippen LogP contribution in [0.15, 0.2) is 42.0 Å². The Kier molecular flexibility index (Phi) is 8.46. The number of hydrogen-bond donors (Lipinski definition) is 1. The molecule has 2 heterocycles. The van der Waals surface area contributed by atoms with Crippen molar-refractivity contribution >= 4 is 17.2 Å². The summed E-state index contributed by atoms with van der Waals surface area (Å²) in [7, 11) is 0. The SMILES string of the molecule is CCCN(CC)CCN1CNc2ccc(/C(Cc3cccc(C)n3)=C(/C)CC)cc2C1=O. The van der Waals surface area contributed by atoms with Crippen LogP contribution in [-0.2, 0) is 6.42 Å². The molecule has 172 valence electrons. The molecule has 0 atom stereocenters. The van der Waals surface area contributed by atoms with Crippen LogP contribution in [0.3, 0.4) is 0 Å². The van der Waals surface area contributed by atoms with E-state index in [4.69, 9.17) is 4.98 Å². The molecule has 5 nitrogen and oxygen atoms in total. The van der Waals surface area contributed by atoms with Crippen LogP contribution in [-0.4, -0.2) is 53.5 Å².